The largest absolute Gasteiger partial charge is 0.488 e. The lowest BCUT2D eigenvalue weighted by atomic mass is 10.0. The third-order valence-electron chi connectivity index (χ3n) is 5.15. The molecule has 0 saturated carbocycles. The smallest absolute Gasteiger partial charge is 0.274 e. The highest BCUT2D eigenvalue weighted by molar-refractivity contribution is 6.03. The van der Waals surface area contributed by atoms with Crippen molar-refractivity contribution in [3.8, 4) is 17.9 Å². The molecule has 0 atom stereocenters. The van der Waals surface area contributed by atoms with E-state index in [2.05, 4.69) is 16.6 Å². The predicted molar refractivity (Wildman–Crippen MR) is 126 cm³/mol. The number of nitrogens with zero attached hydrogens (tertiary/aromatic N) is 3. The Hall–Kier alpha value is -5.01. The first kappa shape index (κ1) is 22.2. The molecule has 0 heterocycles. The Bertz CT molecular complexity index is 1500. The zero-order valence-electron chi connectivity index (χ0n) is 17.8. The molecule has 0 spiro atoms. The van der Waals surface area contributed by atoms with Crippen LogP contribution in [0.3, 0.4) is 0 Å². The van der Waals surface area contributed by atoms with Crippen LogP contribution in [0.2, 0.25) is 0 Å². The lowest BCUT2D eigenvalue weighted by molar-refractivity contribution is 0.0951. The minimum Gasteiger partial charge on any atom is -0.488 e. The number of benzene rings is 4. The topological polar surface area (TPSA) is 98.3 Å². The molecule has 4 aromatic rings. The zero-order valence-corrected chi connectivity index (χ0v) is 17.8. The molecule has 7 heteroatoms. The standard InChI is InChI=1S/C27H17FN4O2/c28-25-13-18(14-29)9-11-23(25)27(33)32-31-16-24-22-8-4-3-5-19(22)10-12-26(24)34-17-21-7-2-1-6-20(21)15-30/h1-13,16H,17H2,(H,32,33). The second-order valence-electron chi connectivity index (χ2n) is 7.26. The second kappa shape index (κ2) is 10.1. The number of carbonyl (C=O) groups excluding carboxylic acids is 1. The molecule has 0 unspecified atom stereocenters. The first-order valence-electron chi connectivity index (χ1n) is 10.3. The number of halogens is 1. The molecule has 0 aliphatic rings. The minimum atomic E-state index is -0.808. The van der Waals surface area contributed by atoms with Crippen LogP contribution in [-0.4, -0.2) is 12.1 Å². The number of ether oxygens (including phenoxy) is 1. The van der Waals surface area contributed by atoms with Gasteiger partial charge < -0.3 is 4.74 Å². The summed E-state index contributed by atoms with van der Waals surface area (Å²) in [5, 5.41) is 24.0. The van der Waals surface area contributed by atoms with E-state index in [1.54, 1.807) is 18.2 Å². The molecule has 1 amide bonds. The Balaban J connectivity index is 1.60. The molecule has 4 rings (SSSR count). The van der Waals surface area contributed by atoms with E-state index >= 15 is 0 Å². The molecule has 6 nitrogen and oxygen atoms in total. The van der Waals surface area contributed by atoms with Gasteiger partial charge in [0.05, 0.1) is 35.0 Å². The van der Waals surface area contributed by atoms with Crippen molar-refractivity contribution in [3.63, 3.8) is 0 Å². The fourth-order valence-electron chi connectivity index (χ4n) is 3.43. The van der Waals surface area contributed by atoms with Crippen LogP contribution < -0.4 is 10.2 Å². The third-order valence-corrected chi connectivity index (χ3v) is 5.15. The van der Waals surface area contributed by atoms with Crippen LogP contribution in [0.25, 0.3) is 10.8 Å². The van der Waals surface area contributed by atoms with E-state index in [4.69, 9.17) is 10.00 Å². The molecular formula is C27H17FN4O2. The number of hydrogen-bond acceptors (Lipinski definition) is 5. The molecule has 0 aliphatic carbocycles. The zero-order chi connectivity index (χ0) is 23.9. The fourth-order valence-corrected chi connectivity index (χ4v) is 3.43. The minimum absolute atomic E-state index is 0.119. The van der Waals surface area contributed by atoms with Crippen LogP contribution in [0.5, 0.6) is 5.75 Å². The van der Waals surface area contributed by atoms with Crippen LogP contribution in [-0.2, 0) is 6.61 Å². The number of amides is 1. The van der Waals surface area contributed by atoms with Crippen LogP contribution >= 0.6 is 0 Å². The van der Waals surface area contributed by atoms with Gasteiger partial charge in [-0.1, -0.05) is 48.5 Å². The average Bonchev–Trinajstić information content (AvgIpc) is 2.87. The van der Waals surface area contributed by atoms with Crippen LogP contribution in [0.15, 0.2) is 84.0 Å². The number of nitrogens with one attached hydrogen (secondary N) is 1. The predicted octanol–water partition coefficient (Wildman–Crippen LogP) is 5.07. The van der Waals surface area contributed by atoms with Crippen molar-refractivity contribution >= 4 is 22.9 Å². The second-order valence-corrected chi connectivity index (χ2v) is 7.26. The van der Waals surface area contributed by atoms with Gasteiger partial charge in [0.15, 0.2) is 0 Å². The van der Waals surface area contributed by atoms with E-state index in [-0.39, 0.29) is 17.7 Å². The van der Waals surface area contributed by atoms with Crippen LogP contribution in [0.4, 0.5) is 4.39 Å². The molecule has 164 valence electrons. The van der Waals surface area contributed by atoms with Crippen molar-refractivity contribution in [2.45, 2.75) is 6.61 Å². The highest BCUT2D eigenvalue weighted by Crippen LogP contribution is 2.27. The summed E-state index contributed by atoms with van der Waals surface area (Å²) in [5.41, 5.74) is 4.10. The monoisotopic (exact) mass is 448 g/mol. The molecular weight excluding hydrogens is 431 g/mol. The summed E-state index contributed by atoms with van der Waals surface area (Å²) < 4.78 is 20.1. The van der Waals surface area contributed by atoms with Crippen LogP contribution in [0, 0.1) is 28.5 Å². The number of nitriles is 2. The molecule has 0 bridgehead atoms. The first-order chi connectivity index (χ1) is 16.6. The van der Waals surface area contributed by atoms with Gasteiger partial charge in [0.1, 0.15) is 18.2 Å². The van der Waals surface area contributed by atoms with E-state index < -0.39 is 11.7 Å². The molecule has 0 aromatic heterocycles. The summed E-state index contributed by atoms with van der Waals surface area (Å²) in [6.07, 6.45) is 1.44. The fraction of sp³-hybridized carbons (Fsp3) is 0.0370. The van der Waals surface area contributed by atoms with Gasteiger partial charge in [0, 0.05) is 11.1 Å². The lowest BCUT2D eigenvalue weighted by Crippen LogP contribution is -2.19. The molecule has 1 N–H and O–H groups in total. The SMILES string of the molecule is N#Cc1ccc(C(=O)NN=Cc2c(OCc3ccccc3C#N)ccc3ccccc23)c(F)c1. The molecule has 4 aromatic carbocycles. The van der Waals surface area contributed by atoms with E-state index in [0.29, 0.717) is 16.9 Å². The number of fused-ring (bicyclic) bond motifs is 1. The van der Waals surface area contributed by atoms with Gasteiger partial charge in [-0.25, -0.2) is 9.82 Å². The first-order valence-corrected chi connectivity index (χ1v) is 10.3. The summed E-state index contributed by atoms with van der Waals surface area (Å²) >= 11 is 0. The normalized spacial score (nSPS) is 10.6. The van der Waals surface area contributed by atoms with Crippen molar-refractivity contribution in [2.24, 2.45) is 5.10 Å². The van der Waals surface area contributed by atoms with Gasteiger partial charge in [-0.05, 0) is 41.1 Å². The van der Waals surface area contributed by atoms with Crippen molar-refractivity contribution in [2.75, 3.05) is 0 Å². The van der Waals surface area contributed by atoms with Gasteiger partial charge in [0.2, 0.25) is 0 Å². The third kappa shape index (κ3) is 4.74. The molecule has 0 radical (unpaired) electrons. The Morgan fingerprint density at radius 1 is 1.00 bits per heavy atom. The summed E-state index contributed by atoms with van der Waals surface area (Å²) in [7, 11) is 0. The summed E-state index contributed by atoms with van der Waals surface area (Å²) in [6.45, 7) is 0.172. The van der Waals surface area contributed by atoms with E-state index in [1.165, 1.54) is 18.3 Å². The Labute approximate surface area is 195 Å². The van der Waals surface area contributed by atoms with Gasteiger partial charge >= 0.3 is 0 Å². The maximum Gasteiger partial charge on any atom is 0.274 e. The summed E-state index contributed by atoms with van der Waals surface area (Å²) in [4.78, 5) is 12.4. The van der Waals surface area contributed by atoms with Crippen molar-refractivity contribution < 1.29 is 13.9 Å². The maximum atomic E-state index is 14.1. The highest BCUT2D eigenvalue weighted by Gasteiger charge is 2.13. The lowest BCUT2D eigenvalue weighted by Gasteiger charge is -2.12. The Kier molecular flexibility index (Phi) is 6.58. The number of carbonyl (C=O) groups is 1. The van der Waals surface area contributed by atoms with Gasteiger partial charge in [0.25, 0.3) is 5.91 Å². The molecule has 34 heavy (non-hydrogen) atoms. The van der Waals surface area contributed by atoms with Crippen molar-refractivity contribution in [3.05, 3.63) is 112 Å². The van der Waals surface area contributed by atoms with Crippen molar-refractivity contribution in [1.29, 1.82) is 10.5 Å². The Morgan fingerprint density at radius 3 is 2.59 bits per heavy atom. The van der Waals surface area contributed by atoms with E-state index in [9.17, 15) is 14.4 Å². The van der Waals surface area contributed by atoms with E-state index in [0.717, 1.165) is 22.4 Å². The highest BCUT2D eigenvalue weighted by atomic mass is 19.1. The van der Waals surface area contributed by atoms with Crippen molar-refractivity contribution in [1.82, 2.24) is 5.43 Å². The van der Waals surface area contributed by atoms with Gasteiger partial charge in [-0.3, -0.25) is 4.79 Å². The average molecular weight is 448 g/mol. The van der Waals surface area contributed by atoms with E-state index in [1.807, 2.05) is 48.5 Å². The molecule has 0 fully saturated rings. The number of hydrogen-bond donors (Lipinski definition) is 1. The maximum absolute atomic E-state index is 14.1. The van der Waals surface area contributed by atoms with Gasteiger partial charge in [-0.15, -0.1) is 0 Å². The molecule has 0 saturated heterocycles. The Morgan fingerprint density at radius 2 is 1.79 bits per heavy atom. The summed E-state index contributed by atoms with van der Waals surface area (Å²) in [5.74, 6) is -1.05. The van der Waals surface area contributed by atoms with Gasteiger partial charge in [-0.2, -0.15) is 15.6 Å². The quantitative estimate of drug-likeness (QED) is 0.329. The molecule has 0 aliphatic heterocycles. The number of hydrazone groups is 1. The summed E-state index contributed by atoms with van der Waals surface area (Å²) in [6, 6.07) is 26.0. The van der Waals surface area contributed by atoms with Crippen LogP contribution in [0.1, 0.15) is 32.6 Å². The number of rotatable bonds is 6.